The van der Waals surface area contributed by atoms with E-state index in [2.05, 4.69) is 51.9 Å². The van der Waals surface area contributed by atoms with Crippen LogP contribution in [0, 0.1) is 6.92 Å². The molecule has 0 atom stereocenters. The van der Waals surface area contributed by atoms with Crippen LogP contribution in [0.3, 0.4) is 0 Å². The molecule has 0 aliphatic heterocycles. The molecule has 0 saturated carbocycles. The molecule has 162 valence electrons. The van der Waals surface area contributed by atoms with Gasteiger partial charge in [0.05, 0.1) is 26.2 Å². The number of benzene rings is 2. The summed E-state index contributed by atoms with van der Waals surface area (Å²) in [7, 11) is 3.15. The number of rotatable bonds is 10. The summed E-state index contributed by atoms with van der Waals surface area (Å²) < 4.78 is 12.1. The van der Waals surface area contributed by atoms with Gasteiger partial charge >= 0.3 is 0 Å². The second kappa shape index (κ2) is 11.7. The van der Waals surface area contributed by atoms with E-state index in [-0.39, 0.29) is 11.7 Å². The second-order valence-electron chi connectivity index (χ2n) is 6.30. The van der Waals surface area contributed by atoms with Gasteiger partial charge in [-0.3, -0.25) is 4.79 Å². The van der Waals surface area contributed by atoms with Crippen LogP contribution in [0.5, 0.6) is 11.5 Å². The third-order valence-corrected chi connectivity index (χ3v) is 7.29. The van der Waals surface area contributed by atoms with Crippen molar-refractivity contribution in [3.63, 3.8) is 0 Å². The molecule has 7 nitrogen and oxygen atoms in total. The fourth-order valence-corrected chi connectivity index (χ4v) is 5.17. The number of ether oxygens (including phenoxy) is 2. The molecule has 1 aromatic heterocycles. The summed E-state index contributed by atoms with van der Waals surface area (Å²) in [5, 5.41) is 12.3. The van der Waals surface area contributed by atoms with E-state index in [1.165, 1.54) is 40.4 Å². The van der Waals surface area contributed by atoms with Crippen LogP contribution in [-0.2, 0) is 10.5 Å². The monoisotopic (exact) mass is 474 g/mol. The zero-order valence-electron chi connectivity index (χ0n) is 17.3. The first kappa shape index (κ1) is 23.1. The van der Waals surface area contributed by atoms with Crippen LogP contribution < -0.4 is 14.9 Å². The minimum absolute atomic E-state index is 0.203. The van der Waals surface area contributed by atoms with Gasteiger partial charge in [0.2, 0.25) is 0 Å². The van der Waals surface area contributed by atoms with Gasteiger partial charge in [-0.05, 0) is 24.6 Å². The van der Waals surface area contributed by atoms with Crippen molar-refractivity contribution in [1.82, 2.24) is 15.6 Å². The highest BCUT2D eigenvalue weighted by Crippen LogP contribution is 2.30. The highest BCUT2D eigenvalue weighted by atomic mass is 32.2. The number of thioether (sulfide) groups is 2. The summed E-state index contributed by atoms with van der Waals surface area (Å²) in [4.78, 5) is 12.1. The number of amides is 1. The summed E-state index contributed by atoms with van der Waals surface area (Å²) >= 11 is 4.46. The summed E-state index contributed by atoms with van der Waals surface area (Å²) in [5.74, 6) is 2.11. The maximum atomic E-state index is 12.1. The quantitative estimate of drug-likeness (QED) is 0.265. The lowest BCUT2D eigenvalue weighted by Gasteiger charge is -2.06. The van der Waals surface area contributed by atoms with Crippen LogP contribution in [-0.4, -0.2) is 42.3 Å². The number of nitrogens with zero attached hydrogens (tertiary/aromatic N) is 3. The molecular weight excluding hydrogens is 452 g/mol. The maximum Gasteiger partial charge on any atom is 0.250 e. The minimum Gasteiger partial charge on any atom is -0.497 e. The van der Waals surface area contributed by atoms with Crippen LogP contribution in [0.25, 0.3) is 0 Å². The molecule has 10 heteroatoms. The van der Waals surface area contributed by atoms with E-state index in [1.54, 1.807) is 44.2 Å². The molecule has 2 aromatic carbocycles. The van der Waals surface area contributed by atoms with Gasteiger partial charge in [-0.25, -0.2) is 5.43 Å². The van der Waals surface area contributed by atoms with Crippen molar-refractivity contribution in [3.05, 3.63) is 59.2 Å². The number of carbonyl (C=O) groups is 1. The van der Waals surface area contributed by atoms with Gasteiger partial charge in [0.25, 0.3) is 5.91 Å². The summed E-state index contributed by atoms with van der Waals surface area (Å²) in [5.41, 5.74) is 5.73. The summed E-state index contributed by atoms with van der Waals surface area (Å²) in [6, 6.07) is 13.8. The average molecular weight is 475 g/mol. The number of hydrogen-bond acceptors (Lipinski definition) is 9. The fourth-order valence-electron chi connectivity index (χ4n) is 2.40. The number of carbonyl (C=O) groups excluding carboxylic acids is 1. The SMILES string of the molecule is COc1ccc(C=NNC(=O)CSc2nnc(SCc3ccc(C)cc3)s2)c(OC)c1. The topological polar surface area (TPSA) is 85.7 Å². The molecule has 0 fully saturated rings. The molecule has 1 N–H and O–H groups in total. The Labute approximate surface area is 193 Å². The Morgan fingerprint density at radius 1 is 1.10 bits per heavy atom. The van der Waals surface area contributed by atoms with Gasteiger partial charge in [-0.2, -0.15) is 5.10 Å². The average Bonchev–Trinajstić information content (AvgIpc) is 3.25. The molecular formula is C21H22N4O3S3. The number of nitrogens with one attached hydrogen (secondary N) is 1. The first-order valence-corrected chi connectivity index (χ1v) is 12.0. The predicted molar refractivity (Wildman–Crippen MR) is 127 cm³/mol. The van der Waals surface area contributed by atoms with Crippen molar-refractivity contribution >= 4 is 47.0 Å². The van der Waals surface area contributed by atoms with E-state index in [9.17, 15) is 4.79 Å². The minimum atomic E-state index is -0.224. The van der Waals surface area contributed by atoms with Gasteiger partial charge in [-0.15, -0.1) is 10.2 Å². The Morgan fingerprint density at radius 3 is 2.55 bits per heavy atom. The molecule has 0 radical (unpaired) electrons. The molecule has 1 heterocycles. The zero-order chi connectivity index (χ0) is 22.1. The smallest absolute Gasteiger partial charge is 0.250 e. The van der Waals surface area contributed by atoms with Crippen molar-refractivity contribution in [1.29, 1.82) is 0 Å². The molecule has 0 bridgehead atoms. The molecule has 3 rings (SSSR count). The lowest BCUT2D eigenvalue weighted by atomic mass is 10.2. The number of aryl methyl sites for hydroxylation is 1. The normalized spacial score (nSPS) is 10.9. The molecule has 0 unspecified atom stereocenters. The number of hydrogen-bond donors (Lipinski definition) is 1. The Morgan fingerprint density at radius 2 is 1.84 bits per heavy atom. The third-order valence-electron chi connectivity index (χ3n) is 4.03. The second-order valence-corrected chi connectivity index (χ2v) is 9.72. The summed E-state index contributed by atoms with van der Waals surface area (Å²) in [6.45, 7) is 2.07. The van der Waals surface area contributed by atoms with Crippen molar-refractivity contribution in [2.24, 2.45) is 5.10 Å². The van der Waals surface area contributed by atoms with E-state index in [1.807, 2.05) is 0 Å². The lowest BCUT2D eigenvalue weighted by Crippen LogP contribution is -2.19. The van der Waals surface area contributed by atoms with E-state index in [0.29, 0.717) is 11.5 Å². The van der Waals surface area contributed by atoms with Crippen molar-refractivity contribution in [3.8, 4) is 11.5 Å². The van der Waals surface area contributed by atoms with Gasteiger partial charge in [0, 0.05) is 17.4 Å². The van der Waals surface area contributed by atoms with Crippen LogP contribution in [0.1, 0.15) is 16.7 Å². The van der Waals surface area contributed by atoms with Gasteiger partial charge < -0.3 is 9.47 Å². The number of hydrazone groups is 1. The fraction of sp³-hybridized carbons (Fsp3) is 0.238. The van der Waals surface area contributed by atoms with Crippen molar-refractivity contribution < 1.29 is 14.3 Å². The summed E-state index contributed by atoms with van der Waals surface area (Å²) in [6.07, 6.45) is 1.53. The zero-order valence-corrected chi connectivity index (χ0v) is 19.8. The first-order valence-electron chi connectivity index (χ1n) is 9.26. The molecule has 0 saturated heterocycles. The highest BCUT2D eigenvalue weighted by Gasteiger charge is 2.09. The molecule has 3 aromatic rings. The molecule has 1 amide bonds. The van der Waals surface area contributed by atoms with E-state index in [0.717, 1.165) is 20.0 Å². The largest absolute Gasteiger partial charge is 0.497 e. The lowest BCUT2D eigenvalue weighted by molar-refractivity contribution is -0.118. The number of aromatic nitrogens is 2. The first-order chi connectivity index (χ1) is 15.1. The highest BCUT2D eigenvalue weighted by molar-refractivity contribution is 8.03. The van der Waals surface area contributed by atoms with Crippen molar-refractivity contribution in [2.75, 3.05) is 20.0 Å². The standard InChI is InChI=1S/C21H22N4O3S3/c1-14-4-6-15(7-5-14)12-29-20-24-25-21(31-20)30-13-19(26)23-22-11-16-8-9-17(27-2)10-18(16)28-3/h4-11H,12-13H2,1-3H3,(H,23,26). The van der Waals surface area contributed by atoms with E-state index >= 15 is 0 Å². The Hall–Kier alpha value is -2.56. The van der Waals surface area contributed by atoms with Crippen LogP contribution >= 0.6 is 34.9 Å². The Balaban J connectivity index is 1.43. The van der Waals surface area contributed by atoms with Gasteiger partial charge in [-0.1, -0.05) is 64.7 Å². The van der Waals surface area contributed by atoms with Gasteiger partial charge in [0.1, 0.15) is 11.5 Å². The van der Waals surface area contributed by atoms with E-state index in [4.69, 9.17) is 9.47 Å². The van der Waals surface area contributed by atoms with Crippen molar-refractivity contribution in [2.45, 2.75) is 21.4 Å². The predicted octanol–water partition coefficient (Wildman–Crippen LogP) is 4.40. The van der Waals surface area contributed by atoms with Crippen LogP contribution in [0.15, 0.2) is 56.2 Å². The number of methoxy groups -OCH3 is 2. The Bertz CT molecular complexity index is 1040. The van der Waals surface area contributed by atoms with E-state index < -0.39 is 0 Å². The molecule has 0 aliphatic rings. The third kappa shape index (κ3) is 7.27. The van der Waals surface area contributed by atoms with Crippen LogP contribution in [0.4, 0.5) is 0 Å². The molecule has 0 spiro atoms. The molecule has 0 aliphatic carbocycles. The molecule has 31 heavy (non-hydrogen) atoms. The van der Waals surface area contributed by atoms with Crippen LogP contribution in [0.2, 0.25) is 0 Å². The van der Waals surface area contributed by atoms with Gasteiger partial charge in [0.15, 0.2) is 8.68 Å². The Kier molecular flexibility index (Phi) is 8.74. The maximum absolute atomic E-state index is 12.1.